The van der Waals surface area contributed by atoms with Crippen LogP contribution in [0.4, 0.5) is 5.69 Å². The Morgan fingerprint density at radius 1 is 0.895 bits per heavy atom. The Morgan fingerprint density at radius 3 is 2.63 bits per heavy atom. The van der Waals surface area contributed by atoms with E-state index in [9.17, 15) is 4.79 Å². The summed E-state index contributed by atoms with van der Waals surface area (Å²) in [7, 11) is 0. The van der Waals surface area contributed by atoms with Crippen molar-refractivity contribution >= 4 is 28.6 Å². The summed E-state index contributed by atoms with van der Waals surface area (Å²) in [5.41, 5.74) is 6.77. The maximum atomic E-state index is 13.9. The second-order valence-electron chi connectivity index (χ2n) is 10.3. The van der Waals surface area contributed by atoms with Gasteiger partial charge in [0, 0.05) is 48.0 Å². The fourth-order valence-electron chi connectivity index (χ4n) is 6.22. The molecule has 1 fully saturated rings. The molecular weight excluding hydrogens is 474 g/mol. The monoisotopic (exact) mass is 505 g/mol. The number of hydrogen-bond donors (Lipinski definition) is 1. The van der Waals surface area contributed by atoms with Crippen molar-refractivity contribution in [3.63, 3.8) is 0 Å². The fraction of sp³-hybridized carbons (Fsp3) is 0.281. The highest BCUT2D eigenvalue weighted by atomic mass is 16.7. The van der Waals surface area contributed by atoms with Crippen LogP contribution in [0.15, 0.2) is 72.8 Å². The Morgan fingerprint density at radius 2 is 1.71 bits per heavy atom. The van der Waals surface area contributed by atoms with Crippen LogP contribution < -0.4 is 14.4 Å². The highest BCUT2D eigenvalue weighted by Crippen LogP contribution is 2.42. The van der Waals surface area contributed by atoms with Gasteiger partial charge in [-0.2, -0.15) is 0 Å². The lowest BCUT2D eigenvalue weighted by Crippen LogP contribution is -2.39. The molecule has 38 heavy (non-hydrogen) atoms. The normalized spacial score (nSPS) is 18.8. The van der Waals surface area contributed by atoms with E-state index >= 15 is 0 Å². The molecule has 1 unspecified atom stereocenters. The van der Waals surface area contributed by atoms with Crippen molar-refractivity contribution in [2.24, 2.45) is 0 Å². The van der Waals surface area contributed by atoms with Crippen molar-refractivity contribution in [1.82, 2.24) is 9.88 Å². The van der Waals surface area contributed by atoms with Crippen molar-refractivity contribution in [1.29, 1.82) is 0 Å². The van der Waals surface area contributed by atoms with Crippen molar-refractivity contribution < 1.29 is 14.3 Å². The number of benzene rings is 3. The number of rotatable bonds is 4. The second-order valence-corrected chi connectivity index (χ2v) is 10.3. The van der Waals surface area contributed by atoms with E-state index in [0.29, 0.717) is 6.54 Å². The van der Waals surface area contributed by atoms with Crippen molar-refractivity contribution in [3.8, 4) is 11.5 Å². The third-order valence-corrected chi connectivity index (χ3v) is 8.07. The van der Waals surface area contributed by atoms with Gasteiger partial charge in [-0.3, -0.25) is 4.79 Å². The summed E-state index contributed by atoms with van der Waals surface area (Å²) in [4.78, 5) is 21.9. The SMILES string of the molecule is O=C(/C=C/c1ccccc1N1CCCCC1)N1CCc2c([nH]c3ccccc23)C1c1ccc2c(c1)OCO2. The van der Waals surface area contributed by atoms with Gasteiger partial charge >= 0.3 is 0 Å². The first-order chi connectivity index (χ1) is 18.8. The maximum absolute atomic E-state index is 13.9. The molecule has 3 aliphatic heterocycles. The number of carbonyl (C=O) groups is 1. The quantitative estimate of drug-likeness (QED) is 0.342. The van der Waals surface area contributed by atoms with Crippen LogP contribution in [-0.2, 0) is 11.2 Å². The van der Waals surface area contributed by atoms with Gasteiger partial charge in [0.05, 0.1) is 6.04 Å². The predicted octanol–water partition coefficient (Wildman–Crippen LogP) is 6.07. The molecule has 0 saturated carbocycles. The zero-order valence-corrected chi connectivity index (χ0v) is 21.4. The third-order valence-electron chi connectivity index (χ3n) is 8.07. The number of H-pyrrole nitrogens is 1. The number of piperidine rings is 1. The van der Waals surface area contributed by atoms with E-state index in [0.717, 1.165) is 53.3 Å². The van der Waals surface area contributed by atoms with Crippen molar-refractivity contribution in [2.75, 3.05) is 31.3 Å². The number of nitrogens with one attached hydrogen (secondary N) is 1. The van der Waals surface area contributed by atoms with Gasteiger partial charge in [-0.05, 0) is 72.7 Å². The molecule has 1 aromatic heterocycles. The Hall–Kier alpha value is -4.19. The van der Waals surface area contributed by atoms with E-state index in [4.69, 9.17) is 9.47 Å². The summed E-state index contributed by atoms with van der Waals surface area (Å²) in [6, 6.07) is 22.6. The van der Waals surface area contributed by atoms with Crippen molar-refractivity contribution in [2.45, 2.75) is 31.7 Å². The van der Waals surface area contributed by atoms with Crippen LogP contribution in [0.5, 0.6) is 11.5 Å². The van der Waals surface area contributed by atoms with Gasteiger partial charge in [0.2, 0.25) is 12.7 Å². The molecule has 3 aromatic carbocycles. The molecule has 0 radical (unpaired) electrons. The largest absolute Gasteiger partial charge is 0.454 e. The number of fused-ring (bicyclic) bond motifs is 4. The smallest absolute Gasteiger partial charge is 0.247 e. The van der Waals surface area contributed by atoms with Crippen LogP contribution in [0, 0.1) is 0 Å². The van der Waals surface area contributed by atoms with E-state index in [1.54, 1.807) is 6.08 Å². The van der Waals surface area contributed by atoms with E-state index < -0.39 is 0 Å². The first kappa shape index (κ1) is 23.0. The minimum absolute atomic E-state index is 0.00502. The number of aromatic nitrogens is 1. The van der Waals surface area contributed by atoms with E-state index in [2.05, 4.69) is 52.3 Å². The topological polar surface area (TPSA) is 57.8 Å². The minimum atomic E-state index is -0.241. The van der Waals surface area contributed by atoms with Gasteiger partial charge in [-0.1, -0.05) is 42.5 Å². The minimum Gasteiger partial charge on any atom is -0.454 e. The average molecular weight is 506 g/mol. The molecule has 6 heteroatoms. The third kappa shape index (κ3) is 4.01. The maximum Gasteiger partial charge on any atom is 0.247 e. The van der Waals surface area contributed by atoms with Gasteiger partial charge in [0.1, 0.15) is 0 Å². The van der Waals surface area contributed by atoms with Gasteiger partial charge in [-0.25, -0.2) is 0 Å². The Kier molecular flexibility index (Phi) is 5.80. The Labute approximate surface area is 222 Å². The lowest BCUT2D eigenvalue weighted by Gasteiger charge is -2.35. The Bertz CT molecular complexity index is 1530. The molecule has 1 amide bonds. The molecule has 192 valence electrons. The van der Waals surface area contributed by atoms with Crippen LogP contribution >= 0.6 is 0 Å². The van der Waals surface area contributed by atoms with Gasteiger partial charge < -0.3 is 24.3 Å². The number of anilines is 1. The highest BCUT2D eigenvalue weighted by Gasteiger charge is 2.34. The molecule has 3 aliphatic rings. The Balaban J connectivity index is 1.25. The molecule has 4 aromatic rings. The molecule has 1 atom stereocenters. The summed E-state index contributed by atoms with van der Waals surface area (Å²) in [5, 5.41) is 1.23. The molecule has 0 aliphatic carbocycles. The summed E-state index contributed by atoms with van der Waals surface area (Å²) in [6.45, 7) is 3.01. The molecule has 4 heterocycles. The molecular formula is C32H31N3O3. The van der Waals surface area contributed by atoms with Gasteiger partial charge in [0.25, 0.3) is 0 Å². The first-order valence-electron chi connectivity index (χ1n) is 13.6. The molecule has 1 N–H and O–H groups in total. The lowest BCUT2D eigenvalue weighted by molar-refractivity contribution is -0.128. The van der Waals surface area contributed by atoms with Crippen molar-refractivity contribution in [3.05, 3.63) is 95.2 Å². The van der Waals surface area contributed by atoms with Crippen LogP contribution in [0.1, 0.15) is 47.7 Å². The fourth-order valence-corrected chi connectivity index (χ4v) is 6.22. The summed E-state index contributed by atoms with van der Waals surface area (Å²) in [5.74, 6) is 1.48. The second kappa shape index (κ2) is 9.60. The highest BCUT2D eigenvalue weighted by molar-refractivity contribution is 5.94. The summed E-state index contributed by atoms with van der Waals surface area (Å²) in [6.07, 6.45) is 8.27. The van der Waals surface area contributed by atoms with E-state index in [1.165, 1.54) is 35.9 Å². The summed E-state index contributed by atoms with van der Waals surface area (Å²) >= 11 is 0. The van der Waals surface area contributed by atoms with Crippen LogP contribution in [-0.4, -0.2) is 42.2 Å². The molecule has 7 rings (SSSR count). The van der Waals surface area contributed by atoms with Crippen LogP contribution in [0.2, 0.25) is 0 Å². The molecule has 0 bridgehead atoms. The first-order valence-corrected chi connectivity index (χ1v) is 13.6. The number of hydrogen-bond acceptors (Lipinski definition) is 4. The summed E-state index contributed by atoms with van der Waals surface area (Å²) < 4.78 is 11.2. The number of para-hydroxylation sites is 2. The number of amides is 1. The lowest BCUT2D eigenvalue weighted by atomic mass is 9.92. The zero-order valence-electron chi connectivity index (χ0n) is 21.4. The van der Waals surface area contributed by atoms with Gasteiger partial charge in [-0.15, -0.1) is 0 Å². The number of carbonyl (C=O) groups excluding carboxylic acids is 1. The molecule has 1 saturated heterocycles. The van der Waals surface area contributed by atoms with E-state index in [-0.39, 0.29) is 18.7 Å². The zero-order chi connectivity index (χ0) is 25.5. The van der Waals surface area contributed by atoms with Gasteiger partial charge in [0.15, 0.2) is 11.5 Å². The predicted molar refractivity (Wildman–Crippen MR) is 150 cm³/mol. The molecule has 6 nitrogen and oxygen atoms in total. The number of ether oxygens (including phenoxy) is 2. The standard InChI is InChI=1S/C32H31N3O3/c36-30(15-13-22-8-2-5-11-27(22)34-17-6-1-7-18-34)35-19-16-25-24-9-3-4-10-26(24)33-31(25)32(35)23-12-14-28-29(20-23)38-21-37-28/h2-5,8-15,20,32-33H,1,6-7,16-19,21H2/b15-13+. The molecule has 0 spiro atoms. The number of aromatic amines is 1. The average Bonchev–Trinajstić information content (AvgIpc) is 3.60. The number of nitrogens with zero attached hydrogens (tertiary/aromatic N) is 2. The van der Waals surface area contributed by atoms with E-state index in [1.807, 2.05) is 35.2 Å². The van der Waals surface area contributed by atoms with Crippen LogP contribution in [0.25, 0.3) is 17.0 Å². The van der Waals surface area contributed by atoms with Crippen LogP contribution in [0.3, 0.4) is 0 Å².